The Morgan fingerprint density at radius 3 is 3.06 bits per heavy atom. The summed E-state index contributed by atoms with van der Waals surface area (Å²) < 4.78 is 5.31. The number of ether oxygens (including phenoxy) is 1. The second-order valence-corrected chi connectivity index (χ2v) is 4.28. The molecule has 1 aliphatic rings. The van der Waals surface area contributed by atoms with Crippen LogP contribution in [-0.4, -0.2) is 57.9 Å². The van der Waals surface area contributed by atoms with Gasteiger partial charge in [-0.05, 0) is 13.0 Å². The van der Waals surface area contributed by atoms with Crippen LogP contribution in [0.15, 0.2) is 6.07 Å². The van der Waals surface area contributed by atoms with E-state index < -0.39 is 12.1 Å². The minimum Gasteiger partial charge on any atom is -0.481 e. The predicted molar refractivity (Wildman–Crippen MR) is 61.2 cm³/mol. The molecule has 7 nitrogen and oxygen atoms in total. The smallest absolute Gasteiger partial charge is 0.306 e. The SMILES string of the molecule is Cc1cc(C(=O)N2CCOC(CC(=O)O)C2)n[nH]1. The zero-order valence-electron chi connectivity index (χ0n) is 10.0. The molecule has 1 aliphatic heterocycles. The molecule has 1 aromatic rings. The minimum atomic E-state index is -0.926. The quantitative estimate of drug-likeness (QED) is 0.792. The van der Waals surface area contributed by atoms with Crippen LogP contribution >= 0.6 is 0 Å². The molecule has 1 unspecified atom stereocenters. The van der Waals surface area contributed by atoms with Crippen molar-refractivity contribution in [3.05, 3.63) is 17.5 Å². The van der Waals surface area contributed by atoms with Gasteiger partial charge in [-0.2, -0.15) is 5.10 Å². The zero-order valence-corrected chi connectivity index (χ0v) is 10.0. The first-order valence-corrected chi connectivity index (χ1v) is 5.71. The van der Waals surface area contributed by atoms with E-state index in [1.54, 1.807) is 11.0 Å². The van der Waals surface area contributed by atoms with Gasteiger partial charge in [-0.25, -0.2) is 0 Å². The number of rotatable bonds is 3. The fourth-order valence-corrected chi connectivity index (χ4v) is 1.91. The van der Waals surface area contributed by atoms with Gasteiger partial charge in [0.2, 0.25) is 0 Å². The van der Waals surface area contributed by atoms with Crippen molar-refractivity contribution in [1.29, 1.82) is 0 Å². The molecule has 1 fully saturated rings. The molecule has 0 spiro atoms. The molecule has 1 amide bonds. The maximum atomic E-state index is 12.1. The largest absolute Gasteiger partial charge is 0.481 e. The number of hydrogen-bond acceptors (Lipinski definition) is 4. The molecular weight excluding hydrogens is 238 g/mol. The lowest BCUT2D eigenvalue weighted by Crippen LogP contribution is -2.46. The Morgan fingerprint density at radius 1 is 1.67 bits per heavy atom. The van der Waals surface area contributed by atoms with Crippen LogP contribution in [0.3, 0.4) is 0 Å². The summed E-state index contributed by atoms with van der Waals surface area (Å²) in [6, 6.07) is 1.67. The lowest BCUT2D eigenvalue weighted by molar-refractivity contribution is -0.141. The highest BCUT2D eigenvalue weighted by molar-refractivity contribution is 5.92. The Balaban J connectivity index is 2.00. The molecule has 1 aromatic heterocycles. The maximum Gasteiger partial charge on any atom is 0.306 e. The summed E-state index contributed by atoms with van der Waals surface area (Å²) in [5, 5.41) is 15.3. The van der Waals surface area contributed by atoms with Gasteiger partial charge in [-0.1, -0.05) is 0 Å². The Kier molecular flexibility index (Phi) is 3.61. The van der Waals surface area contributed by atoms with Crippen molar-refractivity contribution in [2.75, 3.05) is 19.7 Å². The van der Waals surface area contributed by atoms with Crippen LogP contribution in [-0.2, 0) is 9.53 Å². The van der Waals surface area contributed by atoms with Crippen molar-refractivity contribution < 1.29 is 19.4 Å². The van der Waals surface area contributed by atoms with Crippen LogP contribution in [0.1, 0.15) is 22.6 Å². The van der Waals surface area contributed by atoms with E-state index in [4.69, 9.17) is 9.84 Å². The molecule has 98 valence electrons. The molecule has 0 bridgehead atoms. The number of nitrogens with one attached hydrogen (secondary N) is 1. The van der Waals surface area contributed by atoms with E-state index in [9.17, 15) is 9.59 Å². The third-order valence-electron chi connectivity index (χ3n) is 2.75. The summed E-state index contributed by atoms with van der Waals surface area (Å²) in [6.07, 6.45) is -0.538. The molecule has 2 rings (SSSR count). The molecule has 2 heterocycles. The number of aromatic nitrogens is 2. The molecule has 1 atom stereocenters. The van der Waals surface area contributed by atoms with Gasteiger partial charge < -0.3 is 14.7 Å². The maximum absolute atomic E-state index is 12.1. The molecule has 18 heavy (non-hydrogen) atoms. The van der Waals surface area contributed by atoms with Gasteiger partial charge in [0.25, 0.3) is 5.91 Å². The summed E-state index contributed by atoms with van der Waals surface area (Å²) in [6.45, 7) is 2.92. The van der Waals surface area contributed by atoms with Gasteiger partial charge >= 0.3 is 5.97 Å². The molecular formula is C11H15N3O4. The fourth-order valence-electron chi connectivity index (χ4n) is 1.91. The van der Waals surface area contributed by atoms with Gasteiger partial charge in [0.05, 0.1) is 19.1 Å². The molecule has 0 aromatic carbocycles. The Morgan fingerprint density at radius 2 is 2.44 bits per heavy atom. The number of aliphatic carboxylic acids is 1. The van der Waals surface area contributed by atoms with Gasteiger partial charge in [-0.15, -0.1) is 0 Å². The summed E-state index contributed by atoms with van der Waals surface area (Å²) in [5.74, 6) is -1.12. The average molecular weight is 253 g/mol. The molecule has 2 N–H and O–H groups in total. The summed E-state index contributed by atoms with van der Waals surface area (Å²) in [5.41, 5.74) is 1.16. The van der Waals surface area contributed by atoms with E-state index in [2.05, 4.69) is 10.2 Å². The lowest BCUT2D eigenvalue weighted by Gasteiger charge is -2.31. The number of carbonyl (C=O) groups is 2. The number of aromatic amines is 1. The van der Waals surface area contributed by atoms with Gasteiger partial charge in [-0.3, -0.25) is 14.7 Å². The average Bonchev–Trinajstić information content (AvgIpc) is 2.74. The Hall–Kier alpha value is -1.89. The van der Waals surface area contributed by atoms with E-state index in [0.29, 0.717) is 18.8 Å². The fraction of sp³-hybridized carbons (Fsp3) is 0.545. The van der Waals surface area contributed by atoms with Crippen molar-refractivity contribution in [2.45, 2.75) is 19.4 Å². The third-order valence-corrected chi connectivity index (χ3v) is 2.75. The van der Waals surface area contributed by atoms with Crippen LogP contribution < -0.4 is 0 Å². The molecule has 0 aliphatic carbocycles. The van der Waals surface area contributed by atoms with Crippen LogP contribution in [0.5, 0.6) is 0 Å². The molecule has 0 saturated carbocycles. The standard InChI is InChI=1S/C11H15N3O4/c1-7-4-9(13-12-7)11(17)14-2-3-18-8(6-14)5-10(15)16/h4,8H,2-3,5-6H2,1H3,(H,12,13)(H,15,16). The highest BCUT2D eigenvalue weighted by Gasteiger charge is 2.27. The minimum absolute atomic E-state index is 0.0939. The summed E-state index contributed by atoms with van der Waals surface area (Å²) >= 11 is 0. The van der Waals surface area contributed by atoms with Gasteiger partial charge in [0.15, 0.2) is 0 Å². The second-order valence-electron chi connectivity index (χ2n) is 4.28. The van der Waals surface area contributed by atoms with Crippen molar-refractivity contribution in [3.63, 3.8) is 0 Å². The number of carbonyl (C=O) groups excluding carboxylic acids is 1. The second kappa shape index (κ2) is 5.18. The monoisotopic (exact) mass is 253 g/mol. The van der Waals surface area contributed by atoms with Crippen molar-refractivity contribution in [3.8, 4) is 0 Å². The number of aryl methyl sites for hydroxylation is 1. The van der Waals surface area contributed by atoms with Crippen LogP contribution in [0, 0.1) is 6.92 Å². The van der Waals surface area contributed by atoms with Crippen LogP contribution in [0.2, 0.25) is 0 Å². The first-order valence-electron chi connectivity index (χ1n) is 5.71. The topological polar surface area (TPSA) is 95.5 Å². The molecule has 1 saturated heterocycles. The number of carboxylic acid groups (broad SMARTS) is 1. The van der Waals surface area contributed by atoms with Crippen molar-refractivity contribution in [1.82, 2.24) is 15.1 Å². The van der Waals surface area contributed by atoms with E-state index in [0.717, 1.165) is 5.69 Å². The lowest BCUT2D eigenvalue weighted by atomic mass is 10.2. The van der Waals surface area contributed by atoms with Gasteiger partial charge in [0, 0.05) is 18.8 Å². The van der Waals surface area contributed by atoms with E-state index in [1.165, 1.54) is 0 Å². The molecule has 7 heteroatoms. The van der Waals surface area contributed by atoms with E-state index >= 15 is 0 Å². The van der Waals surface area contributed by atoms with E-state index in [-0.39, 0.29) is 18.9 Å². The summed E-state index contributed by atoms with van der Waals surface area (Å²) in [7, 11) is 0. The first-order chi connectivity index (χ1) is 8.56. The van der Waals surface area contributed by atoms with E-state index in [1.807, 2.05) is 6.92 Å². The van der Waals surface area contributed by atoms with Crippen molar-refractivity contribution >= 4 is 11.9 Å². The highest BCUT2D eigenvalue weighted by atomic mass is 16.5. The summed E-state index contributed by atoms with van der Waals surface area (Å²) in [4.78, 5) is 24.3. The predicted octanol–water partition coefficient (Wildman–Crippen LogP) is 0.0338. The normalized spacial score (nSPS) is 19.8. The first kappa shape index (κ1) is 12.6. The van der Waals surface area contributed by atoms with Crippen molar-refractivity contribution in [2.24, 2.45) is 0 Å². The number of hydrogen-bond donors (Lipinski definition) is 2. The van der Waals surface area contributed by atoms with Gasteiger partial charge in [0.1, 0.15) is 5.69 Å². The number of carboxylic acids is 1. The highest BCUT2D eigenvalue weighted by Crippen LogP contribution is 2.12. The number of H-pyrrole nitrogens is 1. The van der Waals surface area contributed by atoms with Crippen LogP contribution in [0.4, 0.5) is 0 Å². The molecule has 0 radical (unpaired) electrons. The number of morpholine rings is 1. The Labute approximate surface area is 104 Å². The Bertz CT molecular complexity index is 457. The van der Waals surface area contributed by atoms with Crippen LogP contribution in [0.25, 0.3) is 0 Å². The zero-order chi connectivity index (χ0) is 13.1. The third kappa shape index (κ3) is 2.86. The number of nitrogens with zero attached hydrogens (tertiary/aromatic N) is 2. The number of amides is 1.